The van der Waals surface area contributed by atoms with E-state index in [2.05, 4.69) is 57.8 Å². The van der Waals surface area contributed by atoms with Crippen LogP contribution in [0.15, 0.2) is 53.5 Å². The summed E-state index contributed by atoms with van der Waals surface area (Å²) in [7, 11) is 5.77. The lowest BCUT2D eigenvalue weighted by molar-refractivity contribution is 0.409. The molecule has 134 valence electrons. The van der Waals surface area contributed by atoms with Gasteiger partial charge in [0.1, 0.15) is 5.75 Å². The van der Waals surface area contributed by atoms with Gasteiger partial charge >= 0.3 is 0 Å². The van der Waals surface area contributed by atoms with Crippen LogP contribution in [0.25, 0.3) is 0 Å². The highest BCUT2D eigenvalue weighted by molar-refractivity contribution is 5.79. The second-order valence-electron chi connectivity index (χ2n) is 5.92. The molecule has 0 bridgehead atoms. The van der Waals surface area contributed by atoms with Gasteiger partial charge in [0.15, 0.2) is 5.96 Å². The zero-order valence-corrected chi connectivity index (χ0v) is 15.5. The van der Waals surface area contributed by atoms with Crippen molar-refractivity contribution in [1.29, 1.82) is 0 Å². The van der Waals surface area contributed by atoms with E-state index in [9.17, 15) is 0 Å². The predicted octanol–water partition coefficient (Wildman–Crippen LogP) is 3.02. The third-order valence-electron chi connectivity index (χ3n) is 3.86. The number of para-hydroxylation sites is 1. The number of rotatable bonds is 7. The third kappa shape index (κ3) is 5.71. The number of methoxy groups -OCH3 is 1. The molecular formula is C20H28N4O. The van der Waals surface area contributed by atoms with Crippen LogP contribution in [-0.2, 0) is 13.1 Å². The maximum absolute atomic E-state index is 5.39. The fourth-order valence-corrected chi connectivity index (χ4v) is 2.44. The summed E-state index contributed by atoms with van der Waals surface area (Å²) in [4.78, 5) is 6.76. The number of nitrogens with one attached hydrogen (secondary N) is 2. The average molecular weight is 340 g/mol. The minimum Gasteiger partial charge on any atom is -0.496 e. The fraction of sp³-hybridized carbons (Fsp3) is 0.350. The Kier molecular flexibility index (Phi) is 7.14. The molecule has 0 saturated heterocycles. The van der Waals surface area contributed by atoms with Crippen molar-refractivity contribution in [3.8, 4) is 5.75 Å². The van der Waals surface area contributed by atoms with Crippen LogP contribution in [0, 0.1) is 0 Å². The second-order valence-corrected chi connectivity index (χ2v) is 5.92. The molecule has 0 saturated carbocycles. The first-order valence-electron chi connectivity index (χ1n) is 8.54. The summed E-state index contributed by atoms with van der Waals surface area (Å²) < 4.78 is 5.39. The van der Waals surface area contributed by atoms with Crippen LogP contribution < -0.4 is 20.3 Å². The summed E-state index contributed by atoms with van der Waals surface area (Å²) >= 11 is 0. The van der Waals surface area contributed by atoms with Crippen molar-refractivity contribution in [2.45, 2.75) is 20.0 Å². The van der Waals surface area contributed by atoms with E-state index in [1.54, 1.807) is 7.11 Å². The lowest BCUT2D eigenvalue weighted by atomic mass is 10.2. The number of hydrogen-bond donors (Lipinski definition) is 2. The van der Waals surface area contributed by atoms with Crippen molar-refractivity contribution in [2.75, 3.05) is 32.6 Å². The zero-order chi connectivity index (χ0) is 18.1. The first-order valence-corrected chi connectivity index (χ1v) is 8.54. The van der Waals surface area contributed by atoms with Gasteiger partial charge in [-0.25, -0.2) is 4.99 Å². The molecule has 0 spiro atoms. The molecule has 0 radical (unpaired) electrons. The van der Waals surface area contributed by atoms with Gasteiger partial charge in [-0.15, -0.1) is 0 Å². The monoisotopic (exact) mass is 340 g/mol. The molecule has 0 fully saturated rings. The SMILES string of the molecule is CCNC(=NCc1ccc(N(C)C)cc1)NCc1ccccc1OC. The number of benzene rings is 2. The molecule has 25 heavy (non-hydrogen) atoms. The summed E-state index contributed by atoms with van der Waals surface area (Å²) in [6.07, 6.45) is 0. The van der Waals surface area contributed by atoms with E-state index in [-0.39, 0.29) is 0 Å². The van der Waals surface area contributed by atoms with Gasteiger partial charge in [0, 0.05) is 38.4 Å². The van der Waals surface area contributed by atoms with E-state index in [4.69, 9.17) is 4.74 Å². The summed E-state index contributed by atoms with van der Waals surface area (Å²) in [5, 5.41) is 6.64. The van der Waals surface area contributed by atoms with Crippen molar-refractivity contribution in [2.24, 2.45) is 4.99 Å². The molecule has 2 N–H and O–H groups in total. The molecule has 2 rings (SSSR count). The summed E-state index contributed by atoms with van der Waals surface area (Å²) in [5.74, 6) is 1.68. The standard InChI is InChI=1S/C20H28N4O/c1-5-21-20(23-15-17-8-6-7-9-19(17)25-4)22-14-16-10-12-18(13-11-16)24(2)3/h6-13H,5,14-15H2,1-4H3,(H2,21,22,23). The number of anilines is 1. The number of hydrogen-bond acceptors (Lipinski definition) is 3. The van der Waals surface area contributed by atoms with E-state index in [0.717, 1.165) is 23.8 Å². The Hall–Kier alpha value is -2.69. The van der Waals surface area contributed by atoms with Crippen LogP contribution in [0.4, 0.5) is 5.69 Å². The van der Waals surface area contributed by atoms with Crippen molar-refractivity contribution in [3.05, 3.63) is 59.7 Å². The third-order valence-corrected chi connectivity index (χ3v) is 3.86. The van der Waals surface area contributed by atoms with E-state index in [1.807, 2.05) is 32.3 Å². The molecule has 0 aliphatic carbocycles. The average Bonchev–Trinajstić information content (AvgIpc) is 2.64. The van der Waals surface area contributed by atoms with E-state index < -0.39 is 0 Å². The molecule has 0 heterocycles. The van der Waals surface area contributed by atoms with Crippen LogP contribution in [0.5, 0.6) is 5.75 Å². The molecule has 0 aliphatic heterocycles. The molecule has 0 amide bonds. The number of guanidine groups is 1. The Bertz CT molecular complexity index is 680. The first-order chi connectivity index (χ1) is 12.1. The number of ether oxygens (including phenoxy) is 1. The minimum atomic E-state index is 0.634. The summed E-state index contributed by atoms with van der Waals surface area (Å²) in [6.45, 7) is 4.17. The van der Waals surface area contributed by atoms with Crippen molar-refractivity contribution >= 4 is 11.6 Å². The van der Waals surface area contributed by atoms with Crippen LogP contribution in [0.2, 0.25) is 0 Å². The van der Waals surface area contributed by atoms with Crippen LogP contribution >= 0.6 is 0 Å². The van der Waals surface area contributed by atoms with Crippen LogP contribution in [0.1, 0.15) is 18.1 Å². The van der Waals surface area contributed by atoms with E-state index in [0.29, 0.717) is 13.1 Å². The maximum atomic E-state index is 5.39. The zero-order valence-electron chi connectivity index (χ0n) is 15.5. The van der Waals surface area contributed by atoms with Gasteiger partial charge in [0.05, 0.1) is 13.7 Å². The van der Waals surface area contributed by atoms with Gasteiger partial charge in [-0.3, -0.25) is 0 Å². The molecule has 5 nitrogen and oxygen atoms in total. The molecule has 0 unspecified atom stereocenters. The molecule has 0 atom stereocenters. The van der Waals surface area contributed by atoms with Crippen molar-refractivity contribution in [3.63, 3.8) is 0 Å². The van der Waals surface area contributed by atoms with Gasteiger partial charge in [-0.2, -0.15) is 0 Å². The molecular weight excluding hydrogens is 312 g/mol. The van der Waals surface area contributed by atoms with E-state index in [1.165, 1.54) is 11.3 Å². The fourth-order valence-electron chi connectivity index (χ4n) is 2.44. The molecule has 0 aromatic heterocycles. The smallest absolute Gasteiger partial charge is 0.191 e. The first kappa shape index (κ1) is 18.6. The van der Waals surface area contributed by atoms with E-state index >= 15 is 0 Å². The molecule has 0 aliphatic rings. The molecule has 5 heteroatoms. The topological polar surface area (TPSA) is 48.9 Å². The van der Waals surface area contributed by atoms with Gasteiger partial charge < -0.3 is 20.3 Å². The van der Waals surface area contributed by atoms with Gasteiger partial charge in [0.2, 0.25) is 0 Å². The molecule has 2 aromatic carbocycles. The Morgan fingerprint density at radius 3 is 2.40 bits per heavy atom. The van der Waals surface area contributed by atoms with Crippen molar-refractivity contribution in [1.82, 2.24) is 10.6 Å². The Morgan fingerprint density at radius 1 is 1.04 bits per heavy atom. The highest BCUT2D eigenvalue weighted by atomic mass is 16.5. The lowest BCUT2D eigenvalue weighted by Crippen LogP contribution is -2.36. The predicted molar refractivity (Wildman–Crippen MR) is 105 cm³/mol. The number of aliphatic imine (C=N–C) groups is 1. The quantitative estimate of drug-likeness (QED) is 0.601. The Morgan fingerprint density at radius 2 is 1.76 bits per heavy atom. The Labute approximate surface area is 150 Å². The van der Waals surface area contributed by atoms with Gasteiger partial charge in [-0.1, -0.05) is 30.3 Å². The second kappa shape index (κ2) is 9.57. The van der Waals surface area contributed by atoms with Gasteiger partial charge in [-0.05, 0) is 30.7 Å². The Balaban J connectivity index is 2.00. The van der Waals surface area contributed by atoms with Crippen LogP contribution in [0.3, 0.4) is 0 Å². The number of nitrogens with zero attached hydrogens (tertiary/aromatic N) is 2. The summed E-state index contributed by atoms with van der Waals surface area (Å²) in [5.41, 5.74) is 3.47. The summed E-state index contributed by atoms with van der Waals surface area (Å²) in [6, 6.07) is 16.4. The highest BCUT2D eigenvalue weighted by Gasteiger charge is 2.03. The van der Waals surface area contributed by atoms with Gasteiger partial charge in [0.25, 0.3) is 0 Å². The highest BCUT2D eigenvalue weighted by Crippen LogP contribution is 2.16. The van der Waals surface area contributed by atoms with Crippen molar-refractivity contribution < 1.29 is 4.74 Å². The normalized spacial score (nSPS) is 11.1. The minimum absolute atomic E-state index is 0.634. The lowest BCUT2D eigenvalue weighted by Gasteiger charge is -2.14. The largest absolute Gasteiger partial charge is 0.496 e. The van der Waals surface area contributed by atoms with Crippen LogP contribution in [-0.4, -0.2) is 33.7 Å². The molecule has 2 aromatic rings. The maximum Gasteiger partial charge on any atom is 0.191 e.